The molecule has 0 fully saturated rings. The summed E-state index contributed by atoms with van der Waals surface area (Å²) in [6.07, 6.45) is 0. The summed E-state index contributed by atoms with van der Waals surface area (Å²) in [5, 5.41) is 30.8. The molecule has 0 aliphatic carbocycles. The van der Waals surface area contributed by atoms with E-state index in [4.69, 9.17) is 16.1 Å². The van der Waals surface area contributed by atoms with Crippen LogP contribution >= 0.6 is 0 Å². The number of rotatable bonds is 5. The van der Waals surface area contributed by atoms with Gasteiger partial charge in [-0.3, -0.25) is 14.9 Å². The average molecular weight is 250 g/mol. The summed E-state index contributed by atoms with van der Waals surface area (Å²) >= 11 is 0. The maximum absolute atomic E-state index is 10.9. The number of nitro groups is 1. The van der Waals surface area contributed by atoms with Gasteiger partial charge in [0.1, 0.15) is 11.7 Å². The Morgan fingerprint density at radius 2 is 2.33 bits per heavy atom. The van der Waals surface area contributed by atoms with Crippen molar-refractivity contribution in [3.63, 3.8) is 0 Å². The zero-order chi connectivity index (χ0) is 13.7. The third kappa shape index (κ3) is 2.93. The molecule has 18 heavy (non-hydrogen) atoms. The van der Waals surface area contributed by atoms with Gasteiger partial charge >= 0.3 is 0 Å². The summed E-state index contributed by atoms with van der Waals surface area (Å²) in [6.45, 7) is -0.591. The first-order valence-electron chi connectivity index (χ1n) is 4.85. The van der Waals surface area contributed by atoms with Crippen LogP contribution < -0.4 is 11.1 Å². The van der Waals surface area contributed by atoms with Crippen LogP contribution in [0.15, 0.2) is 18.2 Å². The highest BCUT2D eigenvalue weighted by Gasteiger charge is 2.20. The monoisotopic (exact) mass is 250 g/mol. The predicted molar refractivity (Wildman–Crippen MR) is 61.5 cm³/mol. The topological polar surface area (TPSA) is 142 Å². The summed E-state index contributed by atoms with van der Waals surface area (Å²) in [5.74, 6) is -0.837. The SMILES string of the molecule is N#Cc1ccc(N[C@@H](CO)C(N)=O)c([N+](=O)[O-])c1. The fourth-order valence-electron chi connectivity index (χ4n) is 1.27. The Bertz CT molecular complexity index is 523. The maximum Gasteiger partial charge on any atom is 0.293 e. The first kappa shape index (κ1) is 13.4. The molecule has 1 aromatic carbocycles. The number of hydrogen-bond acceptors (Lipinski definition) is 6. The Hall–Kier alpha value is -2.66. The van der Waals surface area contributed by atoms with Crippen LogP contribution in [0.25, 0.3) is 0 Å². The van der Waals surface area contributed by atoms with Crippen LogP contribution in [0.5, 0.6) is 0 Å². The Kier molecular flexibility index (Phi) is 4.17. The van der Waals surface area contributed by atoms with Crippen LogP contribution in [0.4, 0.5) is 11.4 Å². The molecule has 1 aromatic rings. The normalized spacial score (nSPS) is 11.3. The fourth-order valence-corrected chi connectivity index (χ4v) is 1.27. The number of nitro benzene ring substituents is 1. The highest BCUT2D eigenvalue weighted by Crippen LogP contribution is 2.25. The molecule has 0 spiro atoms. The van der Waals surface area contributed by atoms with Gasteiger partial charge in [-0.15, -0.1) is 0 Å². The lowest BCUT2D eigenvalue weighted by Crippen LogP contribution is -2.38. The minimum atomic E-state index is -1.13. The molecular formula is C10H10N4O4. The predicted octanol–water partition coefficient (Wildman–Crippen LogP) is -0.275. The van der Waals surface area contributed by atoms with Gasteiger partial charge in [0.15, 0.2) is 0 Å². The van der Waals surface area contributed by atoms with E-state index in [0.717, 1.165) is 6.07 Å². The number of carbonyl (C=O) groups excluding carboxylic acids is 1. The van der Waals surface area contributed by atoms with E-state index < -0.39 is 23.5 Å². The molecule has 0 saturated carbocycles. The molecule has 0 aliphatic heterocycles. The summed E-state index contributed by atoms with van der Waals surface area (Å²) in [7, 11) is 0. The number of primary amides is 1. The van der Waals surface area contributed by atoms with E-state index in [2.05, 4.69) is 5.32 Å². The molecule has 94 valence electrons. The summed E-state index contributed by atoms with van der Waals surface area (Å²) in [4.78, 5) is 21.0. The van der Waals surface area contributed by atoms with Crippen molar-refractivity contribution in [3.8, 4) is 6.07 Å². The lowest BCUT2D eigenvalue weighted by Gasteiger charge is -2.13. The second-order valence-electron chi connectivity index (χ2n) is 3.38. The lowest BCUT2D eigenvalue weighted by molar-refractivity contribution is -0.384. The van der Waals surface area contributed by atoms with Gasteiger partial charge < -0.3 is 16.2 Å². The van der Waals surface area contributed by atoms with Crippen molar-refractivity contribution in [2.45, 2.75) is 6.04 Å². The number of nitrogens with one attached hydrogen (secondary N) is 1. The molecular weight excluding hydrogens is 240 g/mol. The van der Waals surface area contributed by atoms with E-state index in [-0.39, 0.29) is 16.9 Å². The van der Waals surface area contributed by atoms with Gasteiger partial charge in [0.2, 0.25) is 5.91 Å². The summed E-state index contributed by atoms with van der Waals surface area (Å²) in [6, 6.07) is 4.34. The van der Waals surface area contributed by atoms with E-state index in [1.807, 2.05) is 0 Å². The van der Waals surface area contributed by atoms with Crippen LogP contribution in [0.1, 0.15) is 5.56 Å². The van der Waals surface area contributed by atoms with Gasteiger partial charge in [-0.25, -0.2) is 0 Å². The van der Waals surface area contributed by atoms with Gasteiger partial charge in [0, 0.05) is 6.07 Å². The first-order valence-corrected chi connectivity index (χ1v) is 4.85. The first-order chi connectivity index (χ1) is 8.49. The van der Waals surface area contributed by atoms with Crippen LogP contribution in [0, 0.1) is 21.4 Å². The second kappa shape index (κ2) is 5.60. The van der Waals surface area contributed by atoms with Crippen molar-refractivity contribution in [1.82, 2.24) is 0 Å². The van der Waals surface area contributed by atoms with Crippen molar-refractivity contribution >= 4 is 17.3 Å². The number of nitriles is 1. The van der Waals surface area contributed by atoms with Crippen LogP contribution in [0.3, 0.4) is 0 Å². The van der Waals surface area contributed by atoms with Gasteiger partial charge in [-0.2, -0.15) is 5.26 Å². The largest absolute Gasteiger partial charge is 0.394 e. The highest BCUT2D eigenvalue weighted by molar-refractivity contribution is 5.84. The Labute approximate surface area is 102 Å². The molecule has 0 aromatic heterocycles. The molecule has 1 rings (SSSR count). The fraction of sp³-hybridized carbons (Fsp3) is 0.200. The van der Waals surface area contributed by atoms with Gasteiger partial charge in [0.05, 0.1) is 23.2 Å². The maximum atomic E-state index is 10.9. The highest BCUT2D eigenvalue weighted by atomic mass is 16.6. The van der Waals surface area contributed by atoms with Crippen molar-refractivity contribution in [2.24, 2.45) is 5.73 Å². The van der Waals surface area contributed by atoms with Crippen molar-refractivity contribution in [1.29, 1.82) is 5.26 Å². The Morgan fingerprint density at radius 3 is 2.78 bits per heavy atom. The zero-order valence-corrected chi connectivity index (χ0v) is 9.16. The third-order valence-corrected chi connectivity index (χ3v) is 2.18. The minimum Gasteiger partial charge on any atom is -0.394 e. The number of aliphatic hydroxyl groups excluding tert-OH is 1. The molecule has 8 nitrogen and oxygen atoms in total. The van der Waals surface area contributed by atoms with Gasteiger partial charge in [0.25, 0.3) is 5.69 Å². The number of carbonyl (C=O) groups is 1. The van der Waals surface area contributed by atoms with Crippen molar-refractivity contribution in [2.75, 3.05) is 11.9 Å². The number of anilines is 1. The quantitative estimate of drug-likeness (QED) is 0.484. The molecule has 0 heterocycles. The molecule has 1 atom stereocenters. The minimum absolute atomic E-state index is 0.0110. The van der Waals surface area contributed by atoms with Gasteiger partial charge in [-0.05, 0) is 12.1 Å². The number of amides is 1. The summed E-state index contributed by atoms with van der Waals surface area (Å²) in [5.41, 5.74) is 4.76. The van der Waals surface area contributed by atoms with E-state index in [1.165, 1.54) is 12.1 Å². The Morgan fingerprint density at radius 1 is 1.67 bits per heavy atom. The van der Waals surface area contributed by atoms with Gasteiger partial charge in [-0.1, -0.05) is 0 Å². The molecule has 0 aliphatic rings. The van der Waals surface area contributed by atoms with Crippen LogP contribution in [0.2, 0.25) is 0 Å². The number of nitrogens with two attached hydrogens (primary N) is 1. The van der Waals surface area contributed by atoms with Crippen molar-refractivity contribution in [3.05, 3.63) is 33.9 Å². The molecule has 8 heteroatoms. The lowest BCUT2D eigenvalue weighted by atomic mass is 10.1. The Balaban J connectivity index is 3.13. The van der Waals surface area contributed by atoms with Crippen LogP contribution in [-0.4, -0.2) is 28.6 Å². The second-order valence-corrected chi connectivity index (χ2v) is 3.38. The summed E-state index contributed by atoms with van der Waals surface area (Å²) < 4.78 is 0. The molecule has 4 N–H and O–H groups in total. The van der Waals surface area contributed by atoms with E-state index in [1.54, 1.807) is 6.07 Å². The average Bonchev–Trinajstić information content (AvgIpc) is 2.35. The number of aliphatic hydroxyl groups is 1. The van der Waals surface area contributed by atoms with Crippen LogP contribution in [-0.2, 0) is 4.79 Å². The molecule has 0 unspecified atom stereocenters. The van der Waals surface area contributed by atoms with E-state index in [9.17, 15) is 14.9 Å². The zero-order valence-electron chi connectivity index (χ0n) is 9.16. The molecule has 0 saturated heterocycles. The van der Waals surface area contributed by atoms with Crippen molar-refractivity contribution < 1.29 is 14.8 Å². The smallest absolute Gasteiger partial charge is 0.293 e. The number of benzene rings is 1. The van der Waals surface area contributed by atoms with E-state index >= 15 is 0 Å². The third-order valence-electron chi connectivity index (χ3n) is 2.18. The number of nitrogens with zero attached hydrogens (tertiary/aromatic N) is 2. The standard InChI is InChI=1S/C10H10N4O4/c11-4-6-1-2-7(9(3-6)14(17)18)13-8(5-15)10(12)16/h1-3,8,13,15H,5H2,(H2,12,16)/t8-/m0/s1. The molecule has 1 amide bonds. The van der Waals surface area contributed by atoms with E-state index in [0.29, 0.717) is 0 Å². The molecule has 0 radical (unpaired) electrons. The molecule has 0 bridgehead atoms. The number of hydrogen-bond donors (Lipinski definition) is 3.